The van der Waals surface area contributed by atoms with Crippen molar-refractivity contribution in [2.75, 3.05) is 20.1 Å². The lowest BCUT2D eigenvalue weighted by Crippen LogP contribution is -2.55. The predicted molar refractivity (Wildman–Crippen MR) is 147 cm³/mol. The van der Waals surface area contributed by atoms with Crippen LogP contribution in [0.1, 0.15) is 70.1 Å². The lowest BCUT2D eigenvalue weighted by atomic mass is 9.94. The molecule has 0 radical (unpaired) electrons. The second-order valence-corrected chi connectivity index (χ2v) is 11.9. The molecular formula is C29H42N4O2S. The number of likely N-dealkylation sites (N-methyl/N-ethyl adjacent to an activating group) is 1. The lowest BCUT2D eigenvalue weighted by molar-refractivity contribution is -0.144. The van der Waals surface area contributed by atoms with Crippen LogP contribution in [0.5, 0.6) is 0 Å². The second kappa shape index (κ2) is 12.3. The first-order valence-corrected chi connectivity index (χ1v) is 14.5. The summed E-state index contributed by atoms with van der Waals surface area (Å²) in [6, 6.07) is 7.83. The van der Waals surface area contributed by atoms with E-state index in [0.29, 0.717) is 24.9 Å². The summed E-state index contributed by atoms with van der Waals surface area (Å²) in [5.41, 5.74) is 5.12. The minimum atomic E-state index is -0.362. The Labute approximate surface area is 220 Å². The van der Waals surface area contributed by atoms with Crippen LogP contribution in [0.15, 0.2) is 29.8 Å². The summed E-state index contributed by atoms with van der Waals surface area (Å²) in [6.07, 6.45) is 7.36. The van der Waals surface area contributed by atoms with Crippen molar-refractivity contribution < 1.29 is 9.59 Å². The van der Waals surface area contributed by atoms with Crippen LogP contribution in [0.4, 0.5) is 0 Å². The molecule has 2 aliphatic rings. The summed E-state index contributed by atoms with van der Waals surface area (Å²) in [4.78, 5) is 36.8. The van der Waals surface area contributed by atoms with Gasteiger partial charge in [-0.15, -0.1) is 11.3 Å². The normalized spacial score (nSPS) is 19.4. The van der Waals surface area contributed by atoms with E-state index in [9.17, 15) is 9.59 Å². The number of benzene rings is 1. The van der Waals surface area contributed by atoms with Crippen molar-refractivity contribution in [1.82, 2.24) is 20.1 Å². The molecule has 4 rings (SSSR count). The standard InChI is InChI=1S/C29H42N4O2S/c1-20(2)15-17-32(4)26(23-8-5-6-9-23)29(35)33-16-7-10-25(33)28(34)30-18-22-11-13-24(14-12-22)27-21(3)31-19-36-27/h11-14,19-20,23,25-26H,5-10,15-18H2,1-4H3,(H,30,34)/t25-,26-/m0/s1. The van der Waals surface area contributed by atoms with Gasteiger partial charge in [-0.2, -0.15) is 0 Å². The van der Waals surface area contributed by atoms with Crippen LogP contribution >= 0.6 is 11.3 Å². The van der Waals surface area contributed by atoms with Crippen molar-refractivity contribution in [3.05, 3.63) is 41.0 Å². The first-order chi connectivity index (χ1) is 17.3. The SMILES string of the molecule is Cc1ncsc1-c1ccc(CNC(=O)[C@@H]2CCCN2C(=O)[C@H](C2CCCC2)N(C)CCC(C)C)cc1. The second-order valence-electron chi connectivity index (χ2n) is 11.0. The topological polar surface area (TPSA) is 65.5 Å². The number of hydrogen-bond donors (Lipinski definition) is 1. The predicted octanol–water partition coefficient (Wildman–Crippen LogP) is 5.26. The zero-order valence-corrected chi connectivity index (χ0v) is 23.2. The molecule has 1 aliphatic carbocycles. The number of aromatic nitrogens is 1. The quantitative estimate of drug-likeness (QED) is 0.473. The highest BCUT2D eigenvalue weighted by atomic mass is 32.1. The number of likely N-dealkylation sites (tertiary alicyclic amines) is 1. The Kier molecular flexibility index (Phi) is 9.18. The molecule has 36 heavy (non-hydrogen) atoms. The highest BCUT2D eigenvalue weighted by molar-refractivity contribution is 7.13. The van der Waals surface area contributed by atoms with Crippen molar-refractivity contribution in [2.24, 2.45) is 11.8 Å². The number of carbonyl (C=O) groups is 2. The minimum Gasteiger partial charge on any atom is -0.350 e. The molecule has 2 atom stereocenters. The molecule has 1 aromatic carbocycles. The molecule has 1 aliphatic heterocycles. The number of rotatable bonds is 10. The van der Waals surface area contributed by atoms with Crippen molar-refractivity contribution >= 4 is 23.2 Å². The number of carbonyl (C=O) groups excluding carboxylic acids is 2. The average molecular weight is 511 g/mol. The van der Waals surface area contributed by atoms with Gasteiger partial charge < -0.3 is 10.2 Å². The Morgan fingerprint density at radius 2 is 1.86 bits per heavy atom. The molecule has 0 bridgehead atoms. The third-order valence-electron chi connectivity index (χ3n) is 7.90. The number of amides is 2. The van der Waals surface area contributed by atoms with Gasteiger partial charge in [0, 0.05) is 13.1 Å². The van der Waals surface area contributed by atoms with Crippen LogP contribution in [0.3, 0.4) is 0 Å². The van der Waals surface area contributed by atoms with Crippen LogP contribution in [-0.4, -0.2) is 58.8 Å². The number of hydrogen-bond acceptors (Lipinski definition) is 5. The first kappa shape index (κ1) is 26.8. The molecule has 2 amide bonds. The third kappa shape index (κ3) is 6.35. The maximum absolute atomic E-state index is 13.9. The number of thiazole rings is 1. The zero-order valence-electron chi connectivity index (χ0n) is 22.3. The van der Waals surface area contributed by atoms with E-state index in [2.05, 4.69) is 60.4 Å². The number of nitrogens with zero attached hydrogens (tertiary/aromatic N) is 3. The molecule has 2 fully saturated rings. The van der Waals surface area contributed by atoms with Crippen LogP contribution < -0.4 is 5.32 Å². The van der Waals surface area contributed by atoms with E-state index < -0.39 is 0 Å². The smallest absolute Gasteiger partial charge is 0.243 e. The number of nitrogens with one attached hydrogen (secondary N) is 1. The molecule has 7 heteroatoms. The third-order valence-corrected chi connectivity index (χ3v) is 8.88. The van der Waals surface area contributed by atoms with E-state index in [1.54, 1.807) is 11.3 Å². The van der Waals surface area contributed by atoms with Gasteiger partial charge in [0.05, 0.1) is 22.1 Å². The van der Waals surface area contributed by atoms with Crippen molar-refractivity contribution in [3.63, 3.8) is 0 Å². The summed E-state index contributed by atoms with van der Waals surface area (Å²) < 4.78 is 0. The van der Waals surface area contributed by atoms with Gasteiger partial charge in [0.25, 0.3) is 0 Å². The fourth-order valence-electron chi connectivity index (χ4n) is 5.76. The van der Waals surface area contributed by atoms with Crippen LogP contribution in [0, 0.1) is 18.8 Å². The average Bonchev–Trinajstić information content (AvgIpc) is 3.64. The fourth-order valence-corrected chi connectivity index (χ4v) is 6.57. The Morgan fingerprint density at radius 3 is 2.50 bits per heavy atom. The molecule has 0 spiro atoms. The van der Waals surface area contributed by atoms with Gasteiger partial charge in [-0.3, -0.25) is 14.5 Å². The van der Waals surface area contributed by atoms with Crippen LogP contribution in [0.2, 0.25) is 0 Å². The van der Waals surface area contributed by atoms with E-state index in [4.69, 9.17) is 0 Å². The summed E-state index contributed by atoms with van der Waals surface area (Å²) in [6.45, 7) is 8.56. The summed E-state index contributed by atoms with van der Waals surface area (Å²) >= 11 is 1.64. The van der Waals surface area contributed by atoms with Gasteiger partial charge in [-0.25, -0.2) is 4.98 Å². The first-order valence-electron chi connectivity index (χ1n) is 13.6. The monoisotopic (exact) mass is 510 g/mol. The maximum atomic E-state index is 13.9. The van der Waals surface area contributed by atoms with Gasteiger partial charge in [0.1, 0.15) is 6.04 Å². The Bertz CT molecular complexity index is 1010. The molecule has 0 unspecified atom stereocenters. The maximum Gasteiger partial charge on any atom is 0.243 e. The molecule has 1 N–H and O–H groups in total. The van der Waals surface area contributed by atoms with Crippen molar-refractivity contribution in [3.8, 4) is 10.4 Å². The molecule has 6 nitrogen and oxygen atoms in total. The van der Waals surface area contributed by atoms with E-state index >= 15 is 0 Å². The summed E-state index contributed by atoms with van der Waals surface area (Å²) in [5, 5.41) is 3.11. The Morgan fingerprint density at radius 1 is 1.14 bits per heavy atom. The van der Waals surface area contributed by atoms with Gasteiger partial charge in [-0.1, -0.05) is 51.0 Å². The van der Waals surface area contributed by atoms with Crippen molar-refractivity contribution in [1.29, 1.82) is 0 Å². The molecule has 2 aromatic rings. The molecule has 2 heterocycles. The fraction of sp³-hybridized carbons (Fsp3) is 0.621. The van der Waals surface area contributed by atoms with Gasteiger partial charge in [-0.05, 0) is 75.6 Å². The summed E-state index contributed by atoms with van der Waals surface area (Å²) in [5.74, 6) is 1.14. The minimum absolute atomic E-state index is 0.0294. The molecule has 1 aromatic heterocycles. The zero-order chi connectivity index (χ0) is 25.7. The number of aryl methyl sites for hydroxylation is 1. The molecule has 1 saturated heterocycles. The Hall–Kier alpha value is -2.25. The van der Waals surface area contributed by atoms with Gasteiger partial charge >= 0.3 is 0 Å². The van der Waals surface area contributed by atoms with E-state index in [1.807, 2.05) is 17.3 Å². The van der Waals surface area contributed by atoms with Crippen molar-refractivity contribution in [2.45, 2.75) is 84.3 Å². The molecule has 196 valence electrons. The van der Waals surface area contributed by atoms with Gasteiger partial charge in [0.15, 0.2) is 0 Å². The lowest BCUT2D eigenvalue weighted by Gasteiger charge is -2.36. The van der Waals surface area contributed by atoms with Crippen LogP contribution in [0.25, 0.3) is 10.4 Å². The van der Waals surface area contributed by atoms with E-state index in [0.717, 1.165) is 55.5 Å². The largest absolute Gasteiger partial charge is 0.350 e. The van der Waals surface area contributed by atoms with E-state index in [-0.39, 0.29) is 23.9 Å². The molecule has 1 saturated carbocycles. The van der Waals surface area contributed by atoms with Gasteiger partial charge in [0.2, 0.25) is 11.8 Å². The van der Waals surface area contributed by atoms with E-state index in [1.165, 1.54) is 17.7 Å². The Balaban J connectivity index is 1.38. The highest BCUT2D eigenvalue weighted by Crippen LogP contribution is 2.33. The summed E-state index contributed by atoms with van der Waals surface area (Å²) in [7, 11) is 2.10. The van der Waals surface area contributed by atoms with Crippen LogP contribution in [-0.2, 0) is 16.1 Å². The molecular weight excluding hydrogens is 468 g/mol. The highest BCUT2D eigenvalue weighted by Gasteiger charge is 2.41.